The summed E-state index contributed by atoms with van der Waals surface area (Å²) in [6, 6.07) is 1.56. The molecule has 0 aliphatic rings. The molecule has 2 heterocycles. The van der Waals surface area contributed by atoms with Crippen LogP contribution in [0.5, 0.6) is 0 Å². The van der Waals surface area contributed by atoms with Gasteiger partial charge in [-0.05, 0) is 6.07 Å². The molecule has 0 amide bonds. The summed E-state index contributed by atoms with van der Waals surface area (Å²) in [5, 5.41) is 13.3. The number of halogens is 1. The minimum Gasteiger partial charge on any atom is -0.463 e. The van der Waals surface area contributed by atoms with E-state index in [-0.39, 0.29) is 0 Å². The molecule has 0 radical (unpaired) electrons. The molecule has 0 saturated carbocycles. The average molecular weight is 198 g/mol. The maximum Gasteiger partial charge on any atom is 0.432 e. The molecule has 13 heavy (non-hydrogen) atoms. The van der Waals surface area contributed by atoms with Crippen molar-refractivity contribution in [2.75, 3.05) is 0 Å². The first-order valence-corrected chi connectivity index (χ1v) is 3.79. The Kier molecular flexibility index (Phi) is 1.66. The van der Waals surface area contributed by atoms with Gasteiger partial charge in [0.2, 0.25) is 0 Å². The molecule has 0 bridgehead atoms. The highest BCUT2D eigenvalue weighted by Gasteiger charge is 2.08. The Morgan fingerprint density at radius 3 is 3.00 bits per heavy atom. The number of nitrogens with zero attached hydrogens (tertiary/aromatic N) is 3. The molecule has 0 aromatic carbocycles. The molecule has 0 atom stereocenters. The fraction of sp³-hybridized carbons (Fsp3) is 0. The molecule has 0 saturated heterocycles. The third kappa shape index (κ3) is 1.23. The molecule has 0 spiro atoms. The van der Waals surface area contributed by atoms with Gasteiger partial charge in [0.15, 0.2) is 0 Å². The van der Waals surface area contributed by atoms with Gasteiger partial charge in [-0.25, -0.2) is 9.78 Å². The van der Waals surface area contributed by atoms with Crippen LogP contribution in [0.25, 0.3) is 10.9 Å². The monoisotopic (exact) mass is 197 g/mol. The van der Waals surface area contributed by atoms with Crippen LogP contribution < -0.4 is 0 Å². The molecule has 2 aromatic heterocycles. The summed E-state index contributed by atoms with van der Waals surface area (Å²) < 4.78 is 0.846. The van der Waals surface area contributed by atoms with Crippen LogP contribution in [-0.2, 0) is 0 Å². The van der Waals surface area contributed by atoms with E-state index in [0.29, 0.717) is 16.1 Å². The summed E-state index contributed by atoms with van der Waals surface area (Å²) >= 11 is 5.61. The lowest BCUT2D eigenvalue weighted by Crippen LogP contribution is -2.08. The first-order valence-electron chi connectivity index (χ1n) is 3.41. The van der Waals surface area contributed by atoms with E-state index in [1.165, 1.54) is 12.4 Å². The maximum absolute atomic E-state index is 10.6. The van der Waals surface area contributed by atoms with Gasteiger partial charge in [-0.2, -0.15) is 9.78 Å². The van der Waals surface area contributed by atoms with Crippen molar-refractivity contribution in [1.82, 2.24) is 14.8 Å². The van der Waals surface area contributed by atoms with E-state index in [0.717, 1.165) is 4.68 Å². The van der Waals surface area contributed by atoms with Crippen LogP contribution in [0, 0.1) is 0 Å². The number of fused-ring (bicyclic) bond motifs is 1. The zero-order valence-electron chi connectivity index (χ0n) is 6.31. The van der Waals surface area contributed by atoms with Crippen LogP contribution in [-0.4, -0.2) is 26.0 Å². The first kappa shape index (κ1) is 8.00. The number of carbonyl (C=O) groups is 1. The van der Waals surface area contributed by atoms with Crippen LogP contribution in [0.1, 0.15) is 0 Å². The van der Waals surface area contributed by atoms with Gasteiger partial charge in [-0.1, -0.05) is 11.6 Å². The Bertz CT molecular complexity index is 480. The number of rotatable bonds is 0. The lowest BCUT2D eigenvalue weighted by molar-refractivity contribution is 0.194. The zero-order chi connectivity index (χ0) is 9.42. The van der Waals surface area contributed by atoms with Gasteiger partial charge >= 0.3 is 6.09 Å². The highest BCUT2D eigenvalue weighted by Crippen LogP contribution is 2.15. The third-order valence-electron chi connectivity index (χ3n) is 1.60. The molecule has 66 valence electrons. The molecule has 5 nitrogen and oxygen atoms in total. The number of pyridine rings is 1. The SMILES string of the molecule is O=C(O)n1ncc2cc(Cl)ncc21. The van der Waals surface area contributed by atoms with Gasteiger partial charge in [0.25, 0.3) is 0 Å². The Balaban J connectivity index is 2.76. The van der Waals surface area contributed by atoms with E-state index >= 15 is 0 Å². The third-order valence-corrected chi connectivity index (χ3v) is 1.81. The van der Waals surface area contributed by atoms with Gasteiger partial charge < -0.3 is 5.11 Å². The van der Waals surface area contributed by atoms with E-state index in [1.54, 1.807) is 6.07 Å². The molecule has 0 fully saturated rings. The van der Waals surface area contributed by atoms with Crippen molar-refractivity contribution in [3.05, 3.63) is 23.6 Å². The molecular weight excluding hydrogens is 194 g/mol. The van der Waals surface area contributed by atoms with Crippen molar-refractivity contribution in [3.63, 3.8) is 0 Å². The lowest BCUT2D eigenvalue weighted by Gasteiger charge is -1.94. The minimum atomic E-state index is -1.14. The quantitative estimate of drug-likeness (QED) is 0.652. The van der Waals surface area contributed by atoms with Crippen LogP contribution in [0.2, 0.25) is 5.15 Å². The van der Waals surface area contributed by atoms with Gasteiger partial charge in [-0.3, -0.25) is 0 Å². The summed E-state index contributed by atoms with van der Waals surface area (Å²) in [5.74, 6) is 0. The van der Waals surface area contributed by atoms with Crippen molar-refractivity contribution in [2.24, 2.45) is 0 Å². The first-order chi connectivity index (χ1) is 6.18. The van der Waals surface area contributed by atoms with Crippen LogP contribution in [0.4, 0.5) is 4.79 Å². The van der Waals surface area contributed by atoms with E-state index in [4.69, 9.17) is 16.7 Å². The summed E-state index contributed by atoms with van der Waals surface area (Å²) in [6.07, 6.45) is 1.66. The summed E-state index contributed by atoms with van der Waals surface area (Å²) in [5.41, 5.74) is 0.428. The van der Waals surface area contributed by atoms with E-state index < -0.39 is 6.09 Å². The van der Waals surface area contributed by atoms with Gasteiger partial charge in [-0.15, -0.1) is 0 Å². The molecule has 0 aliphatic carbocycles. The van der Waals surface area contributed by atoms with Crippen molar-refractivity contribution < 1.29 is 9.90 Å². The van der Waals surface area contributed by atoms with Crippen LogP contribution in [0.15, 0.2) is 18.5 Å². The highest BCUT2D eigenvalue weighted by atomic mass is 35.5. The fourth-order valence-electron chi connectivity index (χ4n) is 1.05. The van der Waals surface area contributed by atoms with Gasteiger partial charge in [0.1, 0.15) is 5.15 Å². The Labute approximate surface area is 77.6 Å². The second-order valence-corrected chi connectivity index (χ2v) is 2.79. The molecule has 2 rings (SSSR count). The minimum absolute atomic E-state index is 0.317. The lowest BCUT2D eigenvalue weighted by atomic mass is 10.3. The average Bonchev–Trinajstić information content (AvgIpc) is 2.46. The largest absolute Gasteiger partial charge is 0.463 e. The highest BCUT2D eigenvalue weighted by molar-refractivity contribution is 6.30. The zero-order valence-corrected chi connectivity index (χ0v) is 7.06. The molecular formula is C7H4ClN3O2. The Morgan fingerprint density at radius 2 is 2.31 bits per heavy atom. The van der Waals surface area contributed by atoms with E-state index in [9.17, 15) is 4.79 Å². The molecule has 1 N–H and O–H groups in total. The molecule has 2 aromatic rings. The van der Waals surface area contributed by atoms with Crippen molar-refractivity contribution in [3.8, 4) is 0 Å². The van der Waals surface area contributed by atoms with Crippen LogP contribution >= 0.6 is 11.6 Å². The van der Waals surface area contributed by atoms with Gasteiger partial charge in [0, 0.05) is 5.39 Å². The Hall–Kier alpha value is -1.62. The summed E-state index contributed by atoms with van der Waals surface area (Å²) in [4.78, 5) is 14.4. The summed E-state index contributed by atoms with van der Waals surface area (Å²) in [6.45, 7) is 0. The van der Waals surface area contributed by atoms with Crippen LogP contribution in [0.3, 0.4) is 0 Å². The summed E-state index contributed by atoms with van der Waals surface area (Å²) in [7, 11) is 0. The predicted molar refractivity (Wildman–Crippen MR) is 46.0 cm³/mol. The smallest absolute Gasteiger partial charge is 0.432 e. The predicted octanol–water partition coefficient (Wildman–Crippen LogP) is 1.61. The molecule has 6 heteroatoms. The second kappa shape index (κ2) is 2.70. The van der Waals surface area contributed by atoms with Gasteiger partial charge in [0.05, 0.1) is 17.9 Å². The second-order valence-electron chi connectivity index (χ2n) is 2.40. The number of hydrogen-bond donors (Lipinski definition) is 1. The maximum atomic E-state index is 10.6. The standard InChI is InChI=1S/C7H4ClN3O2/c8-6-1-4-2-10-11(7(12)13)5(4)3-9-6/h1-3H,(H,12,13). The molecule has 0 aliphatic heterocycles. The van der Waals surface area contributed by atoms with E-state index in [1.807, 2.05) is 0 Å². The number of carboxylic acid groups (broad SMARTS) is 1. The van der Waals surface area contributed by atoms with Crippen molar-refractivity contribution in [2.45, 2.75) is 0 Å². The van der Waals surface area contributed by atoms with E-state index in [2.05, 4.69) is 10.1 Å². The van der Waals surface area contributed by atoms with Crippen molar-refractivity contribution >= 4 is 28.6 Å². The topological polar surface area (TPSA) is 68.0 Å². The Morgan fingerprint density at radius 1 is 1.54 bits per heavy atom. The number of hydrogen-bond acceptors (Lipinski definition) is 3. The normalized spacial score (nSPS) is 10.5. The molecule has 0 unspecified atom stereocenters. The number of aromatic nitrogens is 3. The fourth-order valence-corrected chi connectivity index (χ4v) is 1.22. The van der Waals surface area contributed by atoms with Crippen molar-refractivity contribution in [1.29, 1.82) is 0 Å².